The van der Waals surface area contributed by atoms with Crippen LogP contribution in [0.2, 0.25) is 0 Å². The van der Waals surface area contributed by atoms with Crippen LogP contribution in [0.15, 0.2) is 0 Å². The van der Waals surface area contributed by atoms with Gasteiger partial charge in [-0.2, -0.15) is 23.5 Å². The largest absolute Gasteiger partial charge is 0.480 e. The average molecular weight is 510 g/mol. The Morgan fingerprint density at radius 3 is 1.94 bits per heavy atom. The summed E-state index contributed by atoms with van der Waals surface area (Å²) in [7, 11) is 0. The highest BCUT2D eigenvalue weighted by Crippen LogP contribution is 2.06. The van der Waals surface area contributed by atoms with E-state index in [0.29, 0.717) is 37.3 Å². The van der Waals surface area contributed by atoms with Crippen molar-refractivity contribution in [2.75, 3.05) is 30.6 Å². The van der Waals surface area contributed by atoms with Crippen LogP contribution >= 0.6 is 23.5 Å². The molecule has 0 rings (SSSR count). The zero-order chi connectivity index (χ0) is 25.4. The molecular formula is C20H39N5O6S2. The van der Waals surface area contributed by atoms with Crippen LogP contribution in [-0.2, 0) is 19.2 Å². The summed E-state index contributed by atoms with van der Waals surface area (Å²) in [5.41, 5.74) is 11.4. The average Bonchev–Trinajstić information content (AvgIpc) is 2.76. The Morgan fingerprint density at radius 1 is 0.848 bits per heavy atom. The fourth-order valence-electron chi connectivity index (χ4n) is 2.83. The van der Waals surface area contributed by atoms with Gasteiger partial charge in [-0.05, 0) is 69.6 Å². The predicted octanol–water partition coefficient (Wildman–Crippen LogP) is -1.13. The van der Waals surface area contributed by atoms with Gasteiger partial charge in [-0.3, -0.25) is 14.4 Å². The van der Waals surface area contributed by atoms with Crippen LogP contribution in [0.4, 0.5) is 0 Å². The summed E-state index contributed by atoms with van der Waals surface area (Å²) in [5.74, 6) is -2.00. The van der Waals surface area contributed by atoms with Crippen molar-refractivity contribution in [1.29, 1.82) is 0 Å². The topological polar surface area (TPSA) is 197 Å². The molecule has 11 nitrogen and oxygen atoms in total. The maximum atomic E-state index is 12.9. The Labute approximate surface area is 203 Å². The van der Waals surface area contributed by atoms with E-state index in [9.17, 15) is 29.4 Å². The normalized spacial score (nSPS) is 15.6. The number of unbranched alkanes of at least 4 members (excludes halogenated alkanes) is 1. The first-order valence-corrected chi connectivity index (χ1v) is 13.6. The zero-order valence-corrected chi connectivity index (χ0v) is 21.2. The first-order valence-electron chi connectivity index (χ1n) is 10.8. The van der Waals surface area contributed by atoms with E-state index >= 15 is 0 Å². The number of hydrogen-bond acceptors (Lipinski definition) is 9. The van der Waals surface area contributed by atoms with Crippen molar-refractivity contribution in [3.63, 3.8) is 0 Å². The molecule has 0 aromatic rings. The van der Waals surface area contributed by atoms with E-state index in [1.165, 1.54) is 18.7 Å². The van der Waals surface area contributed by atoms with Gasteiger partial charge in [0.05, 0.1) is 12.1 Å². The van der Waals surface area contributed by atoms with Gasteiger partial charge < -0.3 is 37.6 Å². The van der Waals surface area contributed by atoms with Crippen LogP contribution in [0.1, 0.15) is 39.0 Å². The quantitative estimate of drug-likeness (QED) is 0.111. The van der Waals surface area contributed by atoms with E-state index in [-0.39, 0.29) is 12.8 Å². The molecule has 0 aliphatic rings. The van der Waals surface area contributed by atoms with E-state index in [2.05, 4.69) is 16.0 Å². The van der Waals surface area contributed by atoms with Gasteiger partial charge in [-0.15, -0.1) is 0 Å². The van der Waals surface area contributed by atoms with Crippen LogP contribution in [0.25, 0.3) is 0 Å². The van der Waals surface area contributed by atoms with Crippen molar-refractivity contribution in [3.8, 4) is 0 Å². The molecule has 5 unspecified atom stereocenters. The molecule has 3 amide bonds. The summed E-state index contributed by atoms with van der Waals surface area (Å²) >= 11 is 2.98. The number of carbonyl (C=O) groups is 4. The monoisotopic (exact) mass is 509 g/mol. The molecule has 0 radical (unpaired) electrons. The molecule has 192 valence electrons. The number of amides is 3. The summed E-state index contributed by atoms with van der Waals surface area (Å²) in [4.78, 5) is 49.4. The first kappa shape index (κ1) is 31.5. The maximum Gasteiger partial charge on any atom is 0.326 e. The Morgan fingerprint density at radius 2 is 1.42 bits per heavy atom. The fourth-order valence-corrected chi connectivity index (χ4v) is 3.79. The minimum Gasteiger partial charge on any atom is -0.480 e. The smallest absolute Gasteiger partial charge is 0.326 e. The summed E-state index contributed by atoms with van der Waals surface area (Å²) < 4.78 is 0. The molecule has 0 aromatic heterocycles. The van der Waals surface area contributed by atoms with Crippen molar-refractivity contribution < 1.29 is 29.4 Å². The van der Waals surface area contributed by atoms with Gasteiger partial charge in [0.25, 0.3) is 0 Å². The van der Waals surface area contributed by atoms with Crippen LogP contribution in [0, 0.1) is 0 Å². The molecule has 0 bridgehead atoms. The van der Waals surface area contributed by atoms with Gasteiger partial charge in [-0.25, -0.2) is 4.79 Å². The number of aliphatic carboxylic acids is 1. The zero-order valence-electron chi connectivity index (χ0n) is 19.5. The summed E-state index contributed by atoms with van der Waals surface area (Å²) in [6.45, 7) is 1.73. The van der Waals surface area contributed by atoms with Gasteiger partial charge in [0.2, 0.25) is 17.7 Å². The van der Waals surface area contributed by atoms with Gasteiger partial charge in [-0.1, -0.05) is 0 Å². The number of carbonyl (C=O) groups excluding carboxylic acids is 3. The molecular weight excluding hydrogens is 470 g/mol. The number of aliphatic hydroxyl groups is 1. The van der Waals surface area contributed by atoms with E-state index in [4.69, 9.17) is 11.5 Å². The number of nitrogens with one attached hydrogen (secondary N) is 3. The Hall–Kier alpha value is -1.54. The molecule has 5 atom stereocenters. The number of rotatable bonds is 18. The van der Waals surface area contributed by atoms with Crippen molar-refractivity contribution in [2.45, 2.75) is 69.3 Å². The first-order chi connectivity index (χ1) is 15.6. The lowest BCUT2D eigenvalue weighted by Crippen LogP contribution is -2.59. The molecule has 0 heterocycles. The highest BCUT2D eigenvalue weighted by atomic mass is 32.2. The Balaban J connectivity index is 5.33. The lowest BCUT2D eigenvalue weighted by molar-refractivity contribution is -0.143. The lowest BCUT2D eigenvalue weighted by atomic mass is 10.1. The molecule has 0 aromatic carbocycles. The molecule has 0 saturated heterocycles. The SMILES string of the molecule is CSCCC(N)C(=O)NC(CCCCN)C(=O)NC(C(=O)NC(CCSC)C(=O)O)C(C)O. The number of carboxylic acid groups (broad SMARTS) is 1. The van der Waals surface area contributed by atoms with E-state index < -0.39 is 54.0 Å². The number of hydrogen-bond donors (Lipinski definition) is 7. The third-order valence-corrected chi connectivity index (χ3v) is 6.13. The number of aliphatic hydroxyl groups excluding tert-OH is 1. The molecule has 0 spiro atoms. The van der Waals surface area contributed by atoms with Crippen molar-refractivity contribution >= 4 is 47.2 Å². The van der Waals surface area contributed by atoms with E-state index in [1.54, 1.807) is 11.8 Å². The Kier molecular flexibility index (Phi) is 17.0. The fraction of sp³-hybridized carbons (Fsp3) is 0.800. The third kappa shape index (κ3) is 13.1. The molecule has 0 fully saturated rings. The van der Waals surface area contributed by atoms with Crippen LogP contribution in [-0.4, -0.2) is 94.7 Å². The minimum atomic E-state index is -1.40. The van der Waals surface area contributed by atoms with Crippen molar-refractivity contribution in [3.05, 3.63) is 0 Å². The molecule has 0 aliphatic carbocycles. The summed E-state index contributed by atoms with van der Waals surface area (Å²) in [6.07, 6.45) is 4.49. The van der Waals surface area contributed by atoms with Crippen molar-refractivity contribution in [1.82, 2.24) is 16.0 Å². The van der Waals surface area contributed by atoms with Crippen LogP contribution in [0.5, 0.6) is 0 Å². The highest BCUT2D eigenvalue weighted by molar-refractivity contribution is 7.98. The van der Waals surface area contributed by atoms with Crippen LogP contribution in [0.3, 0.4) is 0 Å². The molecule has 0 saturated carbocycles. The lowest BCUT2D eigenvalue weighted by Gasteiger charge is -2.26. The van der Waals surface area contributed by atoms with E-state index in [0.717, 1.165) is 0 Å². The molecule has 9 N–H and O–H groups in total. The van der Waals surface area contributed by atoms with Gasteiger partial charge in [0.1, 0.15) is 18.1 Å². The number of carboxylic acids is 1. The Bertz CT molecular complexity index is 626. The predicted molar refractivity (Wildman–Crippen MR) is 132 cm³/mol. The molecule has 33 heavy (non-hydrogen) atoms. The van der Waals surface area contributed by atoms with Gasteiger partial charge in [0.15, 0.2) is 0 Å². The second-order valence-electron chi connectivity index (χ2n) is 7.64. The second-order valence-corrected chi connectivity index (χ2v) is 9.61. The van der Waals surface area contributed by atoms with Crippen molar-refractivity contribution in [2.24, 2.45) is 11.5 Å². The molecule has 0 aliphatic heterocycles. The number of thioether (sulfide) groups is 2. The standard InChI is InChI=1S/C20H39N5O6S2/c1-12(26)16(19(29)24-15(20(30)31)8-11-33-3)25-18(28)14(6-4-5-9-21)23-17(27)13(22)7-10-32-2/h12-16,26H,4-11,21-22H2,1-3H3,(H,23,27)(H,24,29)(H,25,28)(H,30,31). The second kappa shape index (κ2) is 17.9. The molecule has 13 heteroatoms. The summed E-state index contributed by atoms with van der Waals surface area (Å²) in [6, 6.07) is -4.32. The van der Waals surface area contributed by atoms with Gasteiger partial charge in [0, 0.05) is 0 Å². The maximum absolute atomic E-state index is 12.9. The minimum absolute atomic E-state index is 0.189. The van der Waals surface area contributed by atoms with Crippen LogP contribution < -0.4 is 27.4 Å². The number of nitrogens with two attached hydrogens (primary N) is 2. The third-order valence-electron chi connectivity index (χ3n) is 4.84. The highest BCUT2D eigenvalue weighted by Gasteiger charge is 2.32. The summed E-state index contributed by atoms with van der Waals surface area (Å²) in [5, 5.41) is 26.8. The van der Waals surface area contributed by atoms with E-state index in [1.807, 2.05) is 12.5 Å². The van der Waals surface area contributed by atoms with Gasteiger partial charge >= 0.3 is 5.97 Å².